The van der Waals surface area contributed by atoms with Crippen molar-refractivity contribution < 1.29 is 9.59 Å². The van der Waals surface area contributed by atoms with Crippen molar-refractivity contribution in [1.82, 2.24) is 19.7 Å². The fourth-order valence-electron chi connectivity index (χ4n) is 3.20. The highest BCUT2D eigenvalue weighted by Crippen LogP contribution is 2.28. The van der Waals surface area contributed by atoms with E-state index in [1.54, 1.807) is 21.1 Å². The molecule has 126 valence electrons. The van der Waals surface area contributed by atoms with Crippen molar-refractivity contribution in [3.63, 3.8) is 0 Å². The summed E-state index contributed by atoms with van der Waals surface area (Å²) in [7, 11) is 1.83. The van der Waals surface area contributed by atoms with Crippen LogP contribution in [0.25, 0.3) is 9.88 Å². The Bertz CT molecular complexity index is 758. The number of carbonyl (C=O) groups is 2. The van der Waals surface area contributed by atoms with Gasteiger partial charge in [0, 0.05) is 45.2 Å². The smallest absolute Gasteiger partial charge is 0.273 e. The number of hydrogen-bond acceptors (Lipinski definition) is 6. The number of hydrogen-bond donors (Lipinski definition) is 0. The lowest BCUT2D eigenvalue weighted by Gasteiger charge is -2.45. The highest BCUT2D eigenvalue weighted by Gasteiger charge is 2.39. The van der Waals surface area contributed by atoms with Gasteiger partial charge in [-0.05, 0) is 11.4 Å². The number of thiazole rings is 1. The third-order valence-electron chi connectivity index (χ3n) is 4.62. The molecule has 2 aromatic heterocycles. The van der Waals surface area contributed by atoms with E-state index in [1.807, 2.05) is 29.9 Å². The molecule has 2 aliphatic rings. The van der Waals surface area contributed by atoms with Crippen molar-refractivity contribution in [3.05, 3.63) is 28.6 Å². The number of thiophene rings is 1. The Balaban J connectivity index is 1.50. The molecule has 2 fully saturated rings. The van der Waals surface area contributed by atoms with E-state index in [0.29, 0.717) is 18.8 Å². The van der Waals surface area contributed by atoms with E-state index < -0.39 is 0 Å². The van der Waals surface area contributed by atoms with Gasteiger partial charge in [0.2, 0.25) is 5.91 Å². The largest absolute Gasteiger partial charge is 0.343 e. The minimum atomic E-state index is -0.211. The van der Waals surface area contributed by atoms with Crippen LogP contribution in [0.2, 0.25) is 0 Å². The molecule has 4 heterocycles. The average Bonchev–Trinajstić information content (AvgIpc) is 3.28. The first-order valence-corrected chi connectivity index (χ1v) is 9.67. The molecule has 2 amide bonds. The summed E-state index contributed by atoms with van der Waals surface area (Å²) in [5, 5.41) is 4.70. The highest BCUT2D eigenvalue weighted by atomic mass is 32.1. The standard InChI is InChI=1S/C16H18N4O2S2/c1-18-4-5-19-6-7-20(9-12(19)16(18)22)15(21)11-10-24-14(17-11)13-3-2-8-23-13/h2-3,8,10,12H,4-7,9H2,1H3/t12-/m1/s1. The maximum absolute atomic E-state index is 12.8. The quantitative estimate of drug-likeness (QED) is 0.812. The third-order valence-corrected chi connectivity index (χ3v) is 6.50. The molecule has 0 saturated carbocycles. The SMILES string of the molecule is CN1CCN2CCN(C(=O)c3csc(-c4cccs4)n3)C[C@@H]2C1=O. The molecule has 2 aliphatic heterocycles. The van der Waals surface area contributed by atoms with Gasteiger partial charge < -0.3 is 9.80 Å². The van der Waals surface area contributed by atoms with E-state index >= 15 is 0 Å². The Morgan fingerprint density at radius 2 is 2.08 bits per heavy atom. The lowest BCUT2D eigenvalue weighted by atomic mass is 10.1. The summed E-state index contributed by atoms with van der Waals surface area (Å²) < 4.78 is 0. The second kappa shape index (κ2) is 6.27. The van der Waals surface area contributed by atoms with E-state index in [1.165, 1.54) is 11.3 Å². The second-order valence-corrected chi connectivity index (χ2v) is 7.88. The zero-order valence-corrected chi connectivity index (χ0v) is 15.0. The molecule has 0 radical (unpaired) electrons. The van der Waals surface area contributed by atoms with Crippen molar-refractivity contribution in [2.24, 2.45) is 0 Å². The van der Waals surface area contributed by atoms with Gasteiger partial charge in [-0.25, -0.2) is 4.98 Å². The normalized spacial score (nSPS) is 21.9. The molecule has 6 nitrogen and oxygen atoms in total. The molecule has 0 bridgehead atoms. The Morgan fingerprint density at radius 3 is 2.88 bits per heavy atom. The van der Waals surface area contributed by atoms with Crippen LogP contribution < -0.4 is 0 Å². The number of rotatable bonds is 2. The minimum absolute atomic E-state index is 0.0743. The molecular weight excluding hydrogens is 344 g/mol. The first-order chi connectivity index (χ1) is 11.6. The van der Waals surface area contributed by atoms with Gasteiger partial charge >= 0.3 is 0 Å². The summed E-state index contributed by atoms with van der Waals surface area (Å²) in [5.41, 5.74) is 0.480. The first kappa shape index (κ1) is 15.7. The number of carbonyl (C=O) groups excluding carboxylic acids is 2. The molecule has 1 atom stereocenters. The Labute approximate surface area is 148 Å². The summed E-state index contributed by atoms with van der Waals surface area (Å²) in [6.45, 7) is 3.50. The zero-order chi connectivity index (χ0) is 16.7. The third kappa shape index (κ3) is 2.74. The van der Waals surface area contributed by atoms with Crippen LogP contribution in [0.4, 0.5) is 0 Å². The number of likely N-dealkylation sites (N-methyl/N-ethyl adjacent to an activating group) is 1. The highest BCUT2D eigenvalue weighted by molar-refractivity contribution is 7.20. The summed E-state index contributed by atoms with van der Waals surface area (Å²) in [6, 6.07) is 3.78. The predicted molar refractivity (Wildman–Crippen MR) is 94.3 cm³/mol. The van der Waals surface area contributed by atoms with Crippen molar-refractivity contribution in [1.29, 1.82) is 0 Å². The van der Waals surface area contributed by atoms with Crippen LogP contribution in [0, 0.1) is 0 Å². The number of piperazine rings is 2. The first-order valence-electron chi connectivity index (χ1n) is 7.91. The molecule has 0 unspecified atom stereocenters. The van der Waals surface area contributed by atoms with Crippen LogP contribution >= 0.6 is 22.7 Å². The topological polar surface area (TPSA) is 56.8 Å². The van der Waals surface area contributed by atoms with Gasteiger partial charge in [-0.3, -0.25) is 14.5 Å². The fourth-order valence-corrected chi connectivity index (χ4v) is 4.81. The number of nitrogens with zero attached hydrogens (tertiary/aromatic N) is 4. The van der Waals surface area contributed by atoms with Crippen LogP contribution in [-0.2, 0) is 4.79 Å². The molecule has 2 aromatic rings. The van der Waals surface area contributed by atoms with Crippen molar-refractivity contribution in [2.75, 3.05) is 39.8 Å². The minimum Gasteiger partial charge on any atom is -0.343 e. The molecule has 2 saturated heterocycles. The van der Waals surface area contributed by atoms with Crippen LogP contribution in [0.3, 0.4) is 0 Å². The molecule has 4 rings (SSSR count). The molecule has 0 N–H and O–H groups in total. The monoisotopic (exact) mass is 362 g/mol. The van der Waals surface area contributed by atoms with Gasteiger partial charge in [0.05, 0.1) is 4.88 Å². The Hall–Kier alpha value is -1.77. The summed E-state index contributed by atoms with van der Waals surface area (Å²) in [4.78, 5) is 36.4. The molecule has 8 heteroatoms. The zero-order valence-electron chi connectivity index (χ0n) is 13.3. The predicted octanol–water partition coefficient (Wildman–Crippen LogP) is 1.47. The van der Waals surface area contributed by atoms with Gasteiger partial charge in [-0.1, -0.05) is 6.07 Å². The lowest BCUT2D eigenvalue weighted by molar-refractivity contribution is -0.142. The van der Waals surface area contributed by atoms with E-state index in [-0.39, 0.29) is 17.9 Å². The van der Waals surface area contributed by atoms with Gasteiger partial charge in [0.25, 0.3) is 5.91 Å². The van der Waals surface area contributed by atoms with E-state index in [4.69, 9.17) is 0 Å². The summed E-state index contributed by atoms with van der Waals surface area (Å²) in [5.74, 6) is 0.0334. The molecule has 0 spiro atoms. The maximum atomic E-state index is 12.8. The molecule has 0 aliphatic carbocycles. The van der Waals surface area contributed by atoms with Crippen LogP contribution in [-0.4, -0.2) is 77.3 Å². The summed E-state index contributed by atoms with van der Waals surface area (Å²) >= 11 is 3.11. The van der Waals surface area contributed by atoms with E-state index in [2.05, 4.69) is 9.88 Å². The van der Waals surface area contributed by atoms with E-state index in [0.717, 1.165) is 29.5 Å². The van der Waals surface area contributed by atoms with Crippen LogP contribution in [0.5, 0.6) is 0 Å². The van der Waals surface area contributed by atoms with E-state index in [9.17, 15) is 9.59 Å². The summed E-state index contributed by atoms with van der Waals surface area (Å²) in [6.07, 6.45) is 0. The van der Waals surface area contributed by atoms with Crippen molar-refractivity contribution in [3.8, 4) is 9.88 Å². The van der Waals surface area contributed by atoms with Crippen molar-refractivity contribution >= 4 is 34.5 Å². The Kier molecular flexibility index (Phi) is 4.11. The lowest BCUT2D eigenvalue weighted by Crippen LogP contribution is -2.64. The van der Waals surface area contributed by atoms with Crippen LogP contribution in [0.15, 0.2) is 22.9 Å². The number of amides is 2. The molecule has 24 heavy (non-hydrogen) atoms. The number of aromatic nitrogens is 1. The van der Waals surface area contributed by atoms with Crippen molar-refractivity contribution in [2.45, 2.75) is 6.04 Å². The Morgan fingerprint density at radius 1 is 1.25 bits per heavy atom. The second-order valence-electron chi connectivity index (χ2n) is 6.08. The average molecular weight is 362 g/mol. The van der Waals surface area contributed by atoms with Gasteiger partial charge in [0.1, 0.15) is 16.7 Å². The number of fused-ring (bicyclic) bond motifs is 1. The fraction of sp³-hybridized carbons (Fsp3) is 0.438. The molecule has 0 aromatic carbocycles. The maximum Gasteiger partial charge on any atom is 0.273 e. The van der Waals surface area contributed by atoms with Crippen LogP contribution in [0.1, 0.15) is 10.5 Å². The van der Waals surface area contributed by atoms with Gasteiger partial charge in [-0.15, -0.1) is 22.7 Å². The van der Waals surface area contributed by atoms with Gasteiger partial charge in [0.15, 0.2) is 0 Å². The van der Waals surface area contributed by atoms with Gasteiger partial charge in [-0.2, -0.15) is 0 Å². The molecular formula is C16H18N4O2S2.